The van der Waals surface area contributed by atoms with E-state index >= 15 is 0 Å². The molecule has 0 atom stereocenters. The van der Waals surface area contributed by atoms with E-state index in [9.17, 15) is 4.79 Å². The van der Waals surface area contributed by atoms with Crippen molar-refractivity contribution >= 4 is 12.0 Å². The van der Waals surface area contributed by atoms with Crippen molar-refractivity contribution in [3.63, 3.8) is 0 Å². The minimum atomic E-state index is -0.350. The summed E-state index contributed by atoms with van der Waals surface area (Å²) in [5.41, 5.74) is 6.74. The third kappa shape index (κ3) is 4.80. The largest absolute Gasteiger partial charge is 0.460 e. The van der Waals surface area contributed by atoms with Crippen molar-refractivity contribution in [3.05, 3.63) is 42.0 Å². The highest BCUT2D eigenvalue weighted by molar-refractivity contribution is 5.89. The number of hydrogen-bond donors (Lipinski definition) is 1. The van der Waals surface area contributed by atoms with E-state index in [1.807, 2.05) is 12.1 Å². The van der Waals surface area contributed by atoms with Crippen molar-refractivity contribution in [2.75, 3.05) is 26.4 Å². The van der Waals surface area contributed by atoms with Crippen LogP contribution in [0.3, 0.4) is 0 Å². The monoisotopic (exact) mass is 235 g/mol. The Morgan fingerprint density at radius 2 is 1.94 bits per heavy atom. The molecule has 0 fully saturated rings. The van der Waals surface area contributed by atoms with Gasteiger partial charge in [-0.05, 0) is 17.7 Å². The third-order valence-electron chi connectivity index (χ3n) is 2.11. The second-order valence-electron chi connectivity index (χ2n) is 3.36. The fraction of sp³-hybridized carbons (Fsp3) is 0.308. The van der Waals surface area contributed by atoms with E-state index < -0.39 is 0 Å². The Labute approximate surface area is 101 Å². The second-order valence-corrected chi connectivity index (χ2v) is 3.36. The van der Waals surface area contributed by atoms with Crippen LogP contribution in [-0.2, 0) is 9.47 Å². The summed E-state index contributed by atoms with van der Waals surface area (Å²) in [6.45, 7) is 5.19. The first-order valence-electron chi connectivity index (χ1n) is 5.45. The summed E-state index contributed by atoms with van der Waals surface area (Å²) in [5.74, 6) is -0.350. The van der Waals surface area contributed by atoms with Gasteiger partial charge in [0, 0.05) is 6.54 Å². The average Bonchev–Trinajstić information content (AvgIpc) is 2.38. The minimum Gasteiger partial charge on any atom is -0.460 e. The van der Waals surface area contributed by atoms with Gasteiger partial charge in [0.25, 0.3) is 0 Å². The van der Waals surface area contributed by atoms with Gasteiger partial charge < -0.3 is 15.2 Å². The highest BCUT2D eigenvalue weighted by Crippen LogP contribution is 2.06. The van der Waals surface area contributed by atoms with Gasteiger partial charge in [-0.2, -0.15) is 0 Å². The van der Waals surface area contributed by atoms with Gasteiger partial charge >= 0.3 is 5.97 Å². The van der Waals surface area contributed by atoms with E-state index in [-0.39, 0.29) is 12.6 Å². The van der Waals surface area contributed by atoms with Crippen molar-refractivity contribution in [2.24, 2.45) is 5.73 Å². The normalized spacial score (nSPS) is 9.94. The molecular weight excluding hydrogens is 218 g/mol. The highest BCUT2D eigenvalue weighted by Gasteiger charge is 2.05. The molecule has 4 heteroatoms. The zero-order chi connectivity index (χ0) is 12.5. The maximum Gasteiger partial charge on any atom is 0.338 e. The lowest BCUT2D eigenvalue weighted by Gasteiger charge is -2.05. The Hall–Kier alpha value is -1.65. The van der Waals surface area contributed by atoms with Gasteiger partial charge in [-0.1, -0.05) is 24.8 Å². The number of nitrogens with two attached hydrogens (primary N) is 1. The zero-order valence-corrected chi connectivity index (χ0v) is 9.72. The molecule has 0 aliphatic carbocycles. The summed E-state index contributed by atoms with van der Waals surface area (Å²) in [6, 6.07) is 7.04. The van der Waals surface area contributed by atoms with Crippen molar-refractivity contribution in [3.8, 4) is 0 Å². The van der Waals surface area contributed by atoms with Crippen LogP contribution in [0.15, 0.2) is 30.8 Å². The van der Waals surface area contributed by atoms with E-state index in [4.69, 9.17) is 15.2 Å². The molecule has 4 nitrogen and oxygen atoms in total. The summed E-state index contributed by atoms with van der Waals surface area (Å²) in [7, 11) is 0. The molecule has 1 aromatic rings. The van der Waals surface area contributed by atoms with Crippen LogP contribution in [0, 0.1) is 0 Å². The lowest BCUT2D eigenvalue weighted by atomic mass is 10.1. The summed E-state index contributed by atoms with van der Waals surface area (Å²) < 4.78 is 10.1. The van der Waals surface area contributed by atoms with Gasteiger partial charge in [0.05, 0.1) is 18.8 Å². The van der Waals surface area contributed by atoms with Crippen molar-refractivity contribution < 1.29 is 14.3 Å². The Morgan fingerprint density at radius 1 is 1.24 bits per heavy atom. The Kier molecular flexibility index (Phi) is 5.99. The summed E-state index contributed by atoms with van der Waals surface area (Å²) >= 11 is 0. The van der Waals surface area contributed by atoms with Crippen LogP contribution >= 0.6 is 0 Å². The van der Waals surface area contributed by atoms with Gasteiger partial charge in [-0.3, -0.25) is 0 Å². The molecule has 0 aliphatic rings. The Morgan fingerprint density at radius 3 is 2.53 bits per heavy atom. The first-order valence-corrected chi connectivity index (χ1v) is 5.45. The Bertz CT molecular complexity index is 359. The summed E-state index contributed by atoms with van der Waals surface area (Å²) in [4.78, 5) is 11.5. The number of benzene rings is 1. The maximum absolute atomic E-state index is 11.5. The van der Waals surface area contributed by atoms with E-state index in [2.05, 4.69) is 6.58 Å². The fourth-order valence-corrected chi connectivity index (χ4v) is 1.22. The van der Waals surface area contributed by atoms with Crippen molar-refractivity contribution in [1.82, 2.24) is 0 Å². The van der Waals surface area contributed by atoms with Gasteiger partial charge in [-0.15, -0.1) is 0 Å². The molecule has 0 aromatic heterocycles. The van der Waals surface area contributed by atoms with Crippen molar-refractivity contribution in [1.29, 1.82) is 0 Å². The van der Waals surface area contributed by atoms with E-state index in [1.54, 1.807) is 18.2 Å². The molecule has 17 heavy (non-hydrogen) atoms. The quantitative estimate of drug-likeness (QED) is 0.574. The minimum absolute atomic E-state index is 0.238. The Balaban J connectivity index is 2.33. The zero-order valence-electron chi connectivity index (χ0n) is 9.72. The van der Waals surface area contributed by atoms with Gasteiger partial charge in [0.15, 0.2) is 0 Å². The molecule has 0 amide bonds. The van der Waals surface area contributed by atoms with E-state index in [0.29, 0.717) is 25.3 Å². The van der Waals surface area contributed by atoms with Gasteiger partial charge in [-0.25, -0.2) is 4.79 Å². The molecule has 0 heterocycles. The first-order chi connectivity index (χ1) is 8.27. The average molecular weight is 235 g/mol. The van der Waals surface area contributed by atoms with Crippen LogP contribution in [0.5, 0.6) is 0 Å². The van der Waals surface area contributed by atoms with Crippen LogP contribution in [0.2, 0.25) is 0 Å². The predicted molar refractivity (Wildman–Crippen MR) is 66.7 cm³/mol. The lowest BCUT2D eigenvalue weighted by molar-refractivity contribution is 0.0328. The lowest BCUT2D eigenvalue weighted by Crippen LogP contribution is -2.14. The number of carbonyl (C=O) groups excluding carboxylic acids is 1. The molecular formula is C13H17NO3. The van der Waals surface area contributed by atoms with Crippen LogP contribution in [0.1, 0.15) is 15.9 Å². The molecule has 0 spiro atoms. The van der Waals surface area contributed by atoms with Gasteiger partial charge in [0.1, 0.15) is 6.61 Å². The smallest absolute Gasteiger partial charge is 0.338 e. The molecule has 92 valence electrons. The number of rotatable bonds is 7. The fourth-order valence-electron chi connectivity index (χ4n) is 1.22. The molecule has 1 aromatic carbocycles. The molecule has 1 rings (SSSR count). The molecule has 0 aliphatic heterocycles. The molecule has 0 radical (unpaired) electrons. The first kappa shape index (κ1) is 13.4. The molecule has 0 bridgehead atoms. The number of carbonyl (C=O) groups is 1. The van der Waals surface area contributed by atoms with Crippen LogP contribution in [0.25, 0.3) is 6.08 Å². The summed E-state index contributed by atoms with van der Waals surface area (Å²) in [5, 5.41) is 0. The molecule has 2 N–H and O–H groups in total. The second kappa shape index (κ2) is 7.60. The van der Waals surface area contributed by atoms with E-state index in [0.717, 1.165) is 5.56 Å². The maximum atomic E-state index is 11.5. The van der Waals surface area contributed by atoms with Gasteiger partial charge in [0.2, 0.25) is 0 Å². The highest BCUT2D eigenvalue weighted by atomic mass is 16.6. The molecule has 0 saturated heterocycles. The summed E-state index contributed by atoms with van der Waals surface area (Å²) in [6.07, 6.45) is 1.72. The van der Waals surface area contributed by atoms with E-state index in [1.165, 1.54) is 0 Å². The third-order valence-corrected chi connectivity index (χ3v) is 2.11. The van der Waals surface area contributed by atoms with Crippen LogP contribution in [-0.4, -0.2) is 32.3 Å². The van der Waals surface area contributed by atoms with Crippen LogP contribution in [0.4, 0.5) is 0 Å². The number of hydrogen-bond acceptors (Lipinski definition) is 4. The van der Waals surface area contributed by atoms with Crippen molar-refractivity contribution in [2.45, 2.75) is 0 Å². The number of esters is 1. The topological polar surface area (TPSA) is 61.5 Å². The predicted octanol–water partition coefficient (Wildman–Crippen LogP) is 1.46. The molecule has 0 saturated carbocycles. The SMILES string of the molecule is C=Cc1ccc(C(=O)OCCOCCN)cc1. The standard InChI is InChI=1S/C13H17NO3/c1-2-11-3-5-12(6-4-11)13(15)17-10-9-16-8-7-14/h2-6H,1,7-10,14H2. The van der Waals surface area contributed by atoms with Crippen LogP contribution < -0.4 is 5.73 Å². The number of ether oxygens (including phenoxy) is 2. The molecule has 0 unspecified atom stereocenters.